The van der Waals surface area contributed by atoms with Gasteiger partial charge < -0.3 is 26.0 Å². The quantitative estimate of drug-likeness (QED) is 0.687. The van der Waals surface area contributed by atoms with Crippen LogP contribution in [0.3, 0.4) is 0 Å². The Morgan fingerprint density at radius 3 is 2.86 bits per heavy atom. The molecule has 2 unspecified atom stereocenters. The van der Waals surface area contributed by atoms with Crippen LogP contribution in [0.5, 0.6) is 0 Å². The average molecular weight is 292 g/mol. The van der Waals surface area contributed by atoms with E-state index in [9.17, 15) is 9.90 Å². The molecule has 1 aromatic carbocycles. The summed E-state index contributed by atoms with van der Waals surface area (Å²) in [5, 5.41) is 12.6. The van der Waals surface area contributed by atoms with Crippen LogP contribution in [0.4, 0.5) is 11.4 Å². The monoisotopic (exact) mass is 292 g/mol. The molecular formula is C15H24N4O2. The summed E-state index contributed by atoms with van der Waals surface area (Å²) in [6.07, 6.45) is 0.347. The van der Waals surface area contributed by atoms with Crippen molar-refractivity contribution in [2.75, 3.05) is 44.9 Å². The summed E-state index contributed by atoms with van der Waals surface area (Å²) >= 11 is 0. The van der Waals surface area contributed by atoms with E-state index in [0.29, 0.717) is 24.2 Å². The zero-order chi connectivity index (χ0) is 15.6. The summed E-state index contributed by atoms with van der Waals surface area (Å²) in [5.41, 5.74) is 8.10. The number of rotatable bonds is 4. The van der Waals surface area contributed by atoms with Gasteiger partial charge in [-0.25, -0.2) is 0 Å². The van der Waals surface area contributed by atoms with Gasteiger partial charge in [0.05, 0.1) is 17.5 Å². The van der Waals surface area contributed by atoms with Crippen molar-refractivity contribution in [1.82, 2.24) is 10.2 Å². The van der Waals surface area contributed by atoms with Gasteiger partial charge in [0.25, 0.3) is 5.91 Å². The number of hydrogen-bond donors (Lipinski definition) is 3. The van der Waals surface area contributed by atoms with Gasteiger partial charge in [-0.3, -0.25) is 4.79 Å². The van der Waals surface area contributed by atoms with Gasteiger partial charge in [0.2, 0.25) is 0 Å². The van der Waals surface area contributed by atoms with E-state index in [1.54, 1.807) is 25.2 Å². The highest BCUT2D eigenvalue weighted by atomic mass is 16.3. The van der Waals surface area contributed by atoms with Gasteiger partial charge in [0, 0.05) is 31.7 Å². The predicted octanol–water partition coefficient (Wildman–Crippen LogP) is 0.130. The van der Waals surface area contributed by atoms with E-state index in [1.807, 2.05) is 14.1 Å². The Bertz CT molecular complexity index is 518. The second-order valence-electron chi connectivity index (χ2n) is 5.81. The van der Waals surface area contributed by atoms with E-state index in [4.69, 9.17) is 5.73 Å². The minimum atomic E-state index is -0.363. The number of aliphatic hydroxyl groups is 1. The van der Waals surface area contributed by atoms with Crippen LogP contribution < -0.4 is 16.0 Å². The summed E-state index contributed by atoms with van der Waals surface area (Å²) in [6, 6.07) is 5.45. The third-order valence-corrected chi connectivity index (χ3v) is 3.80. The Morgan fingerprint density at radius 2 is 2.24 bits per heavy atom. The SMILES string of the molecule is CNC(=O)c1ccc(N)c(N2CC(O)CC2CN(C)C)c1. The fraction of sp³-hybridized carbons (Fsp3) is 0.533. The Labute approximate surface area is 125 Å². The molecule has 4 N–H and O–H groups in total. The van der Waals surface area contributed by atoms with Gasteiger partial charge in [0.1, 0.15) is 0 Å². The maximum absolute atomic E-state index is 11.8. The summed E-state index contributed by atoms with van der Waals surface area (Å²) in [5.74, 6) is -0.139. The first-order valence-electron chi connectivity index (χ1n) is 7.13. The highest BCUT2D eigenvalue weighted by molar-refractivity contribution is 5.96. The van der Waals surface area contributed by atoms with Gasteiger partial charge >= 0.3 is 0 Å². The molecule has 0 bridgehead atoms. The van der Waals surface area contributed by atoms with E-state index in [1.165, 1.54) is 0 Å². The number of carbonyl (C=O) groups is 1. The Kier molecular flexibility index (Phi) is 4.69. The minimum absolute atomic E-state index is 0.139. The van der Waals surface area contributed by atoms with Crippen LogP contribution in [0.15, 0.2) is 18.2 Å². The number of benzene rings is 1. The number of β-amino-alcohol motifs (C(OH)–C–C–N with tert-alkyl or cyclic N) is 1. The lowest BCUT2D eigenvalue weighted by Gasteiger charge is -2.30. The van der Waals surface area contributed by atoms with Crippen LogP contribution in [0.25, 0.3) is 0 Å². The lowest BCUT2D eigenvalue weighted by atomic mass is 10.1. The third-order valence-electron chi connectivity index (χ3n) is 3.80. The molecule has 0 spiro atoms. The van der Waals surface area contributed by atoms with Crippen LogP contribution in [0.2, 0.25) is 0 Å². The van der Waals surface area contributed by atoms with Crippen LogP contribution in [0, 0.1) is 0 Å². The van der Waals surface area contributed by atoms with Crippen LogP contribution >= 0.6 is 0 Å². The number of nitrogens with one attached hydrogen (secondary N) is 1. The van der Waals surface area contributed by atoms with E-state index in [-0.39, 0.29) is 18.1 Å². The molecule has 1 heterocycles. The van der Waals surface area contributed by atoms with Crippen molar-refractivity contribution in [3.05, 3.63) is 23.8 Å². The molecule has 1 aliphatic heterocycles. The van der Waals surface area contributed by atoms with Crippen LogP contribution in [-0.4, -0.2) is 62.3 Å². The molecular weight excluding hydrogens is 268 g/mol. The second-order valence-corrected chi connectivity index (χ2v) is 5.81. The summed E-state index contributed by atoms with van der Waals surface area (Å²) in [6.45, 7) is 1.38. The molecule has 0 aromatic heterocycles. The predicted molar refractivity (Wildman–Crippen MR) is 84.6 cm³/mol. The molecule has 21 heavy (non-hydrogen) atoms. The minimum Gasteiger partial charge on any atom is -0.397 e. The van der Waals surface area contributed by atoms with E-state index in [0.717, 1.165) is 12.2 Å². The normalized spacial score (nSPS) is 21.9. The van der Waals surface area contributed by atoms with Crippen molar-refractivity contribution < 1.29 is 9.90 Å². The number of carbonyl (C=O) groups excluding carboxylic acids is 1. The lowest BCUT2D eigenvalue weighted by Crippen LogP contribution is -2.38. The molecule has 1 aromatic rings. The molecule has 0 aliphatic carbocycles. The van der Waals surface area contributed by atoms with Crippen molar-refractivity contribution >= 4 is 17.3 Å². The van der Waals surface area contributed by atoms with Crippen molar-refractivity contribution in [3.63, 3.8) is 0 Å². The van der Waals surface area contributed by atoms with Crippen LogP contribution in [0.1, 0.15) is 16.8 Å². The third kappa shape index (κ3) is 3.46. The Hall–Kier alpha value is -1.79. The molecule has 6 nitrogen and oxygen atoms in total. The topological polar surface area (TPSA) is 81.8 Å². The van der Waals surface area contributed by atoms with Crippen molar-refractivity contribution in [3.8, 4) is 0 Å². The van der Waals surface area contributed by atoms with E-state index >= 15 is 0 Å². The first-order chi connectivity index (χ1) is 9.92. The molecule has 116 valence electrons. The van der Waals surface area contributed by atoms with Crippen molar-refractivity contribution in [2.24, 2.45) is 0 Å². The Morgan fingerprint density at radius 1 is 1.52 bits per heavy atom. The zero-order valence-corrected chi connectivity index (χ0v) is 12.8. The molecule has 0 radical (unpaired) electrons. The number of nitrogen functional groups attached to an aromatic ring is 1. The number of aliphatic hydroxyl groups excluding tert-OH is 1. The van der Waals surface area contributed by atoms with Crippen molar-refractivity contribution in [2.45, 2.75) is 18.6 Å². The molecule has 2 rings (SSSR count). The number of hydrogen-bond acceptors (Lipinski definition) is 5. The standard InChI is InChI=1S/C15H24N4O2/c1-17-15(21)10-4-5-13(16)14(6-10)19-9-12(20)7-11(19)8-18(2)3/h4-6,11-12,20H,7-9,16H2,1-3H3,(H,17,21). The zero-order valence-electron chi connectivity index (χ0n) is 12.8. The number of nitrogens with two attached hydrogens (primary N) is 1. The van der Waals surface area contributed by atoms with Crippen molar-refractivity contribution in [1.29, 1.82) is 0 Å². The first-order valence-corrected chi connectivity index (χ1v) is 7.13. The number of likely N-dealkylation sites (N-methyl/N-ethyl adjacent to an activating group) is 1. The lowest BCUT2D eigenvalue weighted by molar-refractivity contribution is 0.0963. The summed E-state index contributed by atoms with van der Waals surface area (Å²) in [7, 11) is 5.62. The summed E-state index contributed by atoms with van der Waals surface area (Å²) < 4.78 is 0. The molecule has 1 fully saturated rings. The summed E-state index contributed by atoms with van der Waals surface area (Å²) in [4.78, 5) is 16.0. The highest BCUT2D eigenvalue weighted by Gasteiger charge is 2.32. The first kappa shape index (κ1) is 15.6. The average Bonchev–Trinajstić information content (AvgIpc) is 2.78. The van der Waals surface area contributed by atoms with Gasteiger partial charge in [0.15, 0.2) is 0 Å². The fourth-order valence-electron chi connectivity index (χ4n) is 2.86. The molecule has 1 aliphatic rings. The number of nitrogens with zero attached hydrogens (tertiary/aromatic N) is 2. The molecule has 2 atom stereocenters. The maximum Gasteiger partial charge on any atom is 0.251 e. The smallest absolute Gasteiger partial charge is 0.251 e. The van der Waals surface area contributed by atoms with Gasteiger partial charge in [-0.2, -0.15) is 0 Å². The molecule has 0 saturated carbocycles. The Balaban J connectivity index is 2.32. The molecule has 1 amide bonds. The van der Waals surface area contributed by atoms with Gasteiger partial charge in [-0.15, -0.1) is 0 Å². The highest BCUT2D eigenvalue weighted by Crippen LogP contribution is 2.31. The fourth-order valence-corrected chi connectivity index (χ4v) is 2.86. The molecule has 6 heteroatoms. The number of amides is 1. The second kappa shape index (κ2) is 6.32. The van der Waals surface area contributed by atoms with Gasteiger partial charge in [-0.05, 0) is 38.7 Å². The largest absolute Gasteiger partial charge is 0.397 e. The van der Waals surface area contributed by atoms with Gasteiger partial charge in [-0.1, -0.05) is 0 Å². The maximum atomic E-state index is 11.8. The number of anilines is 2. The molecule has 1 saturated heterocycles. The van der Waals surface area contributed by atoms with E-state index in [2.05, 4.69) is 15.1 Å². The van der Waals surface area contributed by atoms with E-state index < -0.39 is 0 Å². The van der Waals surface area contributed by atoms with Crippen LogP contribution in [-0.2, 0) is 0 Å².